The van der Waals surface area contributed by atoms with Crippen molar-refractivity contribution in [2.45, 2.75) is 153 Å². The number of nitro benzene ring substituents is 2. The average Bonchev–Trinajstić information content (AvgIpc) is 0.910. The number of esters is 3. The van der Waals surface area contributed by atoms with Crippen molar-refractivity contribution in [1.82, 2.24) is 0 Å². The molecule has 3 fully saturated rings. The summed E-state index contributed by atoms with van der Waals surface area (Å²) < 4.78 is 104. The van der Waals surface area contributed by atoms with Crippen molar-refractivity contribution in [1.29, 1.82) is 0 Å². The van der Waals surface area contributed by atoms with Gasteiger partial charge >= 0.3 is 17.9 Å². The van der Waals surface area contributed by atoms with Gasteiger partial charge in [-0.3, -0.25) is 49.6 Å². The van der Waals surface area contributed by atoms with E-state index in [0.29, 0.717) is 62.9 Å². The average molecular weight is 1300 g/mol. The Bertz CT molecular complexity index is 3040. The molecule has 28 heteroatoms. The van der Waals surface area contributed by atoms with E-state index in [1.165, 1.54) is 53.5 Å². The number of nitro groups is 2. The zero-order valence-electron chi connectivity index (χ0n) is 50.4. The number of carbonyl (C=O) groups is 3. The first kappa shape index (κ1) is 69.7. The van der Waals surface area contributed by atoms with Crippen LogP contribution in [0.2, 0.25) is 0 Å². The predicted molar refractivity (Wildman–Crippen MR) is 326 cm³/mol. The third-order valence-corrected chi connectivity index (χ3v) is 18.4. The Morgan fingerprint density at radius 2 is 0.875 bits per heavy atom. The summed E-state index contributed by atoms with van der Waals surface area (Å²) in [6, 6.07) is 11.0. The highest BCUT2D eigenvalue weighted by Crippen LogP contribution is 2.51. The lowest BCUT2D eigenvalue weighted by Crippen LogP contribution is -2.50. The van der Waals surface area contributed by atoms with Gasteiger partial charge < -0.3 is 39.3 Å². The first-order valence-corrected chi connectivity index (χ1v) is 31.5. The van der Waals surface area contributed by atoms with Gasteiger partial charge in [-0.2, -0.15) is 0 Å². The molecule has 0 bridgehead atoms. The van der Waals surface area contributed by atoms with E-state index < -0.39 is 110 Å². The number of rotatable bonds is 14. The normalized spacial score (nSPS) is 26.9. The molecule has 0 aliphatic carbocycles. The van der Waals surface area contributed by atoms with Crippen molar-refractivity contribution in [3.05, 3.63) is 109 Å². The van der Waals surface area contributed by atoms with Crippen molar-refractivity contribution in [2.24, 2.45) is 32.7 Å². The van der Waals surface area contributed by atoms with Crippen LogP contribution >= 0.6 is 35.3 Å². The summed E-state index contributed by atoms with van der Waals surface area (Å²) in [5.41, 5.74) is 0.837. The maximum atomic E-state index is 14.9. The molecular formula is C60H75F5N6O14S3. The first-order chi connectivity index (χ1) is 41.2. The van der Waals surface area contributed by atoms with Gasteiger partial charge in [0.15, 0.2) is 0 Å². The molecule has 482 valence electrons. The van der Waals surface area contributed by atoms with E-state index in [0.717, 1.165) is 30.3 Å². The number of aliphatic imine (C=N–C) groups is 3. The number of carbonyl (C=O) groups excluding carboxylic acids is 3. The van der Waals surface area contributed by atoms with Crippen molar-refractivity contribution < 1.29 is 79.7 Å². The Kier molecular flexibility index (Phi) is 22.6. The minimum Gasteiger partial charge on any atom is -0.460 e. The topological polar surface area (TPSA) is 276 Å². The number of nitrogens with zero attached hydrogens (tertiary/aromatic N) is 5. The number of alkyl halides is 2. The SMILES string of the molecule is CC(C)(C)OC(=O)CC1=N[C@@]2(c3cc(N)ccc3F)CO[C@@H](CF)C[C@H]2CS1.CC(C)(C)OC(=O)CC1=N[C@@]2(c3cc([N+](=O)[O-])ccc3F)CO[C@@H](CF)C[C@H]2CS1.CC(C)(C)OC(=O)CC1=N[C@@]2(c3cc([N+](=O)[O-])ccc3F)CO[C@@H](CO)C[C@H]2CS1. The molecule has 0 unspecified atom stereocenters. The zero-order chi connectivity index (χ0) is 64.7. The second-order valence-corrected chi connectivity index (χ2v) is 28.5. The molecule has 0 saturated carbocycles. The van der Waals surface area contributed by atoms with E-state index in [2.05, 4.69) is 4.99 Å². The monoisotopic (exact) mass is 1290 g/mol. The summed E-state index contributed by atoms with van der Waals surface area (Å²) in [4.78, 5) is 72.3. The van der Waals surface area contributed by atoms with Gasteiger partial charge in [-0.15, -0.1) is 35.3 Å². The van der Waals surface area contributed by atoms with Crippen molar-refractivity contribution in [3.8, 4) is 0 Å². The van der Waals surface area contributed by atoms with Gasteiger partial charge in [-0.25, -0.2) is 22.0 Å². The molecule has 88 heavy (non-hydrogen) atoms. The van der Waals surface area contributed by atoms with Crippen LogP contribution in [0, 0.1) is 55.4 Å². The fourth-order valence-corrected chi connectivity index (χ4v) is 14.9. The van der Waals surface area contributed by atoms with Gasteiger partial charge in [0.2, 0.25) is 0 Å². The van der Waals surface area contributed by atoms with Crippen molar-refractivity contribution in [3.63, 3.8) is 0 Å². The van der Waals surface area contributed by atoms with Crippen LogP contribution in [0.5, 0.6) is 0 Å². The number of hydrogen-bond acceptors (Lipinski definition) is 21. The summed E-state index contributed by atoms with van der Waals surface area (Å²) in [5.74, 6) is -2.08. The van der Waals surface area contributed by atoms with Gasteiger partial charge in [-0.05, 0) is 112 Å². The molecule has 9 rings (SSSR count). The maximum Gasteiger partial charge on any atom is 0.312 e. The Morgan fingerprint density at radius 1 is 0.568 bits per heavy atom. The molecule has 0 radical (unpaired) electrons. The van der Waals surface area contributed by atoms with Crippen LogP contribution in [-0.4, -0.2) is 140 Å². The number of non-ortho nitro benzene ring substituents is 2. The molecular weight excluding hydrogens is 1220 g/mol. The standard InChI is InChI=1S/C20H24F2N2O5S.C20H26F2N2O3S.C20H25FN2O6S/c1-19(2,3)29-18(25)8-17-23-20(11-28-14(9-21)6-12(20)10-30-17)15-7-13(24(26)27)4-5-16(15)22;1-19(2,3)27-18(25)8-17-24-20(15-7-13(23)4-5-16(15)22)11-26-14(9-21)6-12(20)10-28-17;1-19(2,3)29-18(25)8-17-22-20(11-28-14(9-24)6-12(20)10-30-17)15-7-13(23(26)27)4-5-16(15)21/h4-5,7,12,14H,6,8-11H2,1-3H3;4-5,7,12,14H,6,8-11,23H2,1-3H3;4-5,7,12,14,24H,6,8-11H2,1-3H3/t3*12-,14+,20-/m000/s1. The number of hydrogen-bond donors (Lipinski definition) is 2. The highest BCUT2D eigenvalue weighted by Gasteiger charge is 2.53. The third-order valence-electron chi connectivity index (χ3n) is 15.0. The van der Waals surface area contributed by atoms with Crippen LogP contribution in [0.3, 0.4) is 0 Å². The molecule has 9 atom stereocenters. The lowest BCUT2D eigenvalue weighted by atomic mass is 9.75. The molecule has 6 aliphatic rings. The fraction of sp³-hybridized carbons (Fsp3) is 0.600. The van der Waals surface area contributed by atoms with Gasteiger partial charge in [0.05, 0.1) is 89.0 Å². The Morgan fingerprint density at radius 3 is 1.18 bits per heavy atom. The van der Waals surface area contributed by atoms with E-state index in [-0.39, 0.29) is 85.9 Å². The molecule has 0 aromatic heterocycles. The number of thioether (sulfide) groups is 3. The molecule has 3 aromatic carbocycles. The maximum absolute atomic E-state index is 14.9. The lowest BCUT2D eigenvalue weighted by molar-refractivity contribution is -0.385. The molecule has 0 amide bonds. The fourth-order valence-electron chi connectivity index (χ4n) is 11.2. The minimum absolute atomic E-state index is 0.00683. The number of nitrogen functional groups attached to an aromatic ring is 1. The number of halogens is 5. The summed E-state index contributed by atoms with van der Waals surface area (Å²) in [5, 5.41) is 33.5. The van der Waals surface area contributed by atoms with E-state index in [1.54, 1.807) is 68.4 Å². The number of nitrogens with two attached hydrogens (primary N) is 1. The van der Waals surface area contributed by atoms with E-state index in [1.807, 2.05) is 0 Å². The summed E-state index contributed by atoms with van der Waals surface area (Å²) in [7, 11) is 0. The van der Waals surface area contributed by atoms with Gasteiger partial charge in [0.25, 0.3) is 11.4 Å². The third kappa shape index (κ3) is 17.4. The number of fused-ring (bicyclic) bond motifs is 3. The molecule has 6 heterocycles. The Hall–Kier alpha value is -5.78. The van der Waals surface area contributed by atoms with Crippen LogP contribution in [0.15, 0.2) is 69.6 Å². The number of ether oxygens (including phenoxy) is 6. The molecule has 3 N–H and O–H groups in total. The zero-order valence-corrected chi connectivity index (χ0v) is 52.9. The summed E-state index contributed by atoms with van der Waals surface area (Å²) >= 11 is 4.16. The van der Waals surface area contributed by atoms with Crippen molar-refractivity contribution >= 4 is 85.4 Å². The first-order valence-electron chi connectivity index (χ1n) is 28.5. The number of aliphatic hydroxyl groups excluding tert-OH is 1. The summed E-state index contributed by atoms with van der Waals surface area (Å²) in [6.45, 7) is 14.4. The number of aliphatic hydroxyl groups is 1. The van der Waals surface area contributed by atoms with Crippen LogP contribution < -0.4 is 5.73 Å². The summed E-state index contributed by atoms with van der Waals surface area (Å²) in [6.07, 6.45) is -0.570. The van der Waals surface area contributed by atoms with Crippen LogP contribution in [0.4, 0.5) is 39.0 Å². The van der Waals surface area contributed by atoms with Crippen LogP contribution in [-0.2, 0) is 59.4 Å². The van der Waals surface area contributed by atoms with Crippen LogP contribution in [0.1, 0.15) is 118 Å². The Labute approximate surface area is 519 Å². The second-order valence-electron chi connectivity index (χ2n) is 25.2. The molecule has 3 saturated heterocycles. The van der Waals surface area contributed by atoms with Gasteiger partial charge in [0.1, 0.15) is 64.2 Å². The van der Waals surface area contributed by atoms with E-state index >= 15 is 0 Å². The Balaban J connectivity index is 0.000000188. The number of anilines is 1. The largest absolute Gasteiger partial charge is 0.460 e. The van der Waals surface area contributed by atoms with Gasteiger partial charge in [-0.1, -0.05) is 0 Å². The predicted octanol–water partition coefficient (Wildman–Crippen LogP) is 11.2. The second kappa shape index (κ2) is 28.6. The lowest BCUT2D eigenvalue weighted by Gasteiger charge is -2.46. The highest BCUT2D eigenvalue weighted by molar-refractivity contribution is 8.14. The van der Waals surface area contributed by atoms with E-state index in [9.17, 15) is 61.7 Å². The highest BCUT2D eigenvalue weighted by atomic mass is 32.2. The molecule has 20 nitrogen and oxygen atoms in total. The van der Waals surface area contributed by atoms with Crippen molar-refractivity contribution in [2.75, 3.05) is 62.8 Å². The minimum atomic E-state index is -1.26. The van der Waals surface area contributed by atoms with Gasteiger partial charge in [0, 0.05) is 81.7 Å². The smallest absolute Gasteiger partial charge is 0.312 e. The quantitative estimate of drug-likeness (QED) is 0.0379. The molecule has 0 spiro atoms. The molecule has 6 aliphatic heterocycles. The number of benzene rings is 3. The van der Waals surface area contributed by atoms with Crippen LogP contribution in [0.25, 0.3) is 0 Å². The molecule has 3 aromatic rings. The van der Waals surface area contributed by atoms with E-state index in [4.69, 9.17) is 44.1 Å².